The zero-order valence-electron chi connectivity index (χ0n) is 15.6. The Morgan fingerprint density at radius 2 is 0.923 bits per heavy atom. The van der Waals surface area contributed by atoms with Crippen LogP contribution in [0.1, 0.15) is 0 Å². The van der Waals surface area contributed by atoms with Crippen molar-refractivity contribution in [1.29, 1.82) is 0 Å². The number of rotatable bonds is 21. The standard InChI is InChI=1S/C16H33NO9/c1-20-4-5-22-8-9-24-12-13-26-15-14-25-11-10-23-7-6-21-3-2-17-16(18)19/h17H,2-15H2,1H3,(H,18,19). The Morgan fingerprint density at radius 1 is 0.615 bits per heavy atom. The number of ether oxygens (including phenoxy) is 7. The Kier molecular flexibility index (Phi) is 21.2. The number of amides is 1. The largest absolute Gasteiger partial charge is 0.465 e. The van der Waals surface area contributed by atoms with Crippen LogP contribution in [0.25, 0.3) is 0 Å². The van der Waals surface area contributed by atoms with E-state index >= 15 is 0 Å². The van der Waals surface area contributed by atoms with Crippen LogP contribution in [0.2, 0.25) is 0 Å². The molecule has 0 rings (SSSR count). The fourth-order valence-electron chi connectivity index (χ4n) is 1.57. The predicted octanol–water partition coefficient (Wildman–Crippen LogP) is 0.00000000000000422. The van der Waals surface area contributed by atoms with Gasteiger partial charge in [0.25, 0.3) is 0 Å². The maximum atomic E-state index is 10.2. The molecular weight excluding hydrogens is 350 g/mol. The molecule has 0 unspecified atom stereocenters. The van der Waals surface area contributed by atoms with Crippen molar-refractivity contribution >= 4 is 6.09 Å². The second kappa shape index (κ2) is 22.0. The third-order valence-corrected chi connectivity index (χ3v) is 2.81. The van der Waals surface area contributed by atoms with Crippen molar-refractivity contribution in [3.05, 3.63) is 0 Å². The lowest BCUT2D eigenvalue weighted by molar-refractivity contribution is -0.0189. The van der Waals surface area contributed by atoms with E-state index in [0.717, 1.165) is 0 Å². The highest BCUT2D eigenvalue weighted by molar-refractivity contribution is 5.64. The van der Waals surface area contributed by atoms with Crippen LogP contribution in [0, 0.1) is 0 Å². The molecule has 0 atom stereocenters. The van der Waals surface area contributed by atoms with Crippen molar-refractivity contribution in [2.45, 2.75) is 0 Å². The molecule has 0 bridgehead atoms. The SMILES string of the molecule is COCCOCCOCCOCCOCCOCCOCCNC(=O)O. The first-order valence-corrected chi connectivity index (χ1v) is 8.69. The molecule has 0 spiro atoms. The molecular formula is C16H33NO9. The molecule has 0 aliphatic carbocycles. The summed E-state index contributed by atoms with van der Waals surface area (Å²) in [6.07, 6.45) is -1.05. The summed E-state index contributed by atoms with van der Waals surface area (Å²) < 4.78 is 36.6. The molecule has 26 heavy (non-hydrogen) atoms. The summed E-state index contributed by atoms with van der Waals surface area (Å²) in [4.78, 5) is 10.2. The Balaban J connectivity index is 2.98. The van der Waals surface area contributed by atoms with Gasteiger partial charge in [-0.3, -0.25) is 0 Å². The predicted molar refractivity (Wildman–Crippen MR) is 92.8 cm³/mol. The van der Waals surface area contributed by atoms with Crippen LogP contribution >= 0.6 is 0 Å². The summed E-state index contributed by atoms with van der Waals surface area (Å²) in [5.74, 6) is 0. The van der Waals surface area contributed by atoms with E-state index in [1.165, 1.54) is 0 Å². The quantitative estimate of drug-likeness (QED) is 0.264. The second-order valence-electron chi connectivity index (χ2n) is 4.90. The topological polar surface area (TPSA) is 114 Å². The van der Waals surface area contributed by atoms with Gasteiger partial charge in [-0.2, -0.15) is 0 Å². The van der Waals surface area contributed by atoms with E-state index in [2.05, 4.69) is 5.32 Å². The van der Waals surface area contributed by atoms with Crippen LogP contribution in [-0.2, 0) is 33.2 Å². The summed E-state index contributed by atoms with van der Waals surface area (Å²) in [6, 6.07) is 0. The average Bonchev–Trinajstić information content (AvgIpc) is 2.62. The second-order valence-corrected chi connectivity index (χ2v) is 4.90. The lowest BCUT2D eigenvalue weighted by atomic mass is 10.6. The molecule has 0 aromatic carbocycles. The molecule has 10 nitrogen and oxygen atoms in total. The van der Waals surface area contributed by atoms with Gasteiger partial charge in [0.2, 0.25) is 0 Å². The van der Waals surface area contributed by atoms with E-state index < -0.39 is 6.09 Å². The fraction of sp³-hybridized carbons (Fsp3) is 0.938. The highest BCUT2D eigenvalue weighted by atomic mass is 16.6. The van der Waals surface area contributed by atoms with Gasteiger partial charge in [-0.05, 0) is 0 Å². The minimum atomic E-state index is -1.05. The molecule has 1 amide bonds. The third-order valence-electron chi connectivity index (χ3n) is 2.81. The summed E-state index contributed by atoms with van der Waals surface area (Å²) in [7, 11) is 1.64. The minimum absolute atomic E-state index is 0.269. The van der Waals surface area contributed by atoms with Gasteiger partial charge in [-0.1, -0.05) is 0 Å². The zero-order chi connectivity index (χ0) is 19.1. The van der Waals surface area contributed by atoms with E-state index in [9.17, 15) is 4.79 Å². The Hall–Kier alpha value is -1.01. The Morgan fingerprint density at radius 3 is 1.23 bits per heavy atom. The molecule has 2 N–H and O–H groups in total. The molecule has 0 heterocycles. The molecule has 10 heteroatoms. The van der Waals surface area contributed by atoms with Gasteiger partial charge in [-0.15, -0.1) is 0 Å². The van der Waals surface area contributed by atoms with Crippen LogP contribution in [0.4, 0.5) is 4.79 Å². The van der Waals surface area contributed by atoms with Crippen LogP contribution < -0.4 is 5.32 Å². The minimum Gasteiger partial charge on any atom is -0.465 e. The summed E-state index contributed by atoms with van der Waals surface area (Å²) in [5, 5.41) is 10.5. The molecule has 0 aliphatic rings. The van der Waals surface area contributed by atoms with E-state index in [0.29, 0.717) is 85.9 Å². The van der Waals surface area contributed by atoms with Gasteiger partial charge < -0.3 is 43.6 Å². The zero-order valence-corrected chi connectivity index (χ0v) is 15.6. The lowest BCUT2D eigenvalue weighted by Crippen LogP contribution is -2.25. The van der Waals surface area contributed by atoms with E-state index in [1.54, 1.807) is 7.11 Å². The molecule has 0 aromatic rings. The maximum absolute atomic E-state index is 10.2. The molecule has 0 aromatic heterocycles. The van der Waals surface area contributed by atoms with Gasteiger partial charge in [0, 0.05) is 13.7 Å². The first-order valence-electron chi connectivity index (χ1n) is 8.69. The molecule has 0 aliphatic heterocycles. The van der Waals surface area contributed by atoms with Gasteiger partial charge in [0.05, 0.1) is 85.9 Å². The highest BCUT2D eigenvalue weighted by Gasteiger charge is 1.95. The van der Waals surface area contributed by atoms with Gasteiger partial charge in [0.1, 0.15) is 0 Å². The van der Waals surface area contributed by atoms with Crippen LogP contribution in [0.3, 0.4) is 0 Å². The van der Waals surface area contributed by atoms with E-state index in [-0.39, 0.29) is 6.54 Å². The van der Waals surface area contributed by atoms with Gasteiger partial charge in [0.15, 0.2) is 0 Å². The number of carboxylic acid groups (broad SMARTS) is 1. The summed E-state index contributed by atoms with van der Waals surface area (Å²) in [6.45, 7) is 6.74. The number of hydrogen-bond donors (Lipinski definition) is 2. The molecule has 0 radical (unpaired) electrons. The van der Waals surface area contributed by atoms with Crippen molar-refractivity contribution in [1.82, 2.24) is 5.32 Å². The van der Waals surface area contributed by atoms with Gasteiger partial charge in [-0.25, -0.2) is 4.79 Å². The maximum Gasteiger partial charge on any atom is 0.404 e. The van der Waals surface area contributed by atoms with Crippen LogP contribution in [0.5, 0.6) is 0 Å². The fourth-order valence-corrected chi connectivity index (χ4v) is 1.57. The van der Waals surface area contributed by atoms with E-state index in [1.807, 2.05) is 0 Å². The van der Waals surface area contributed by atoms with Crippen molar-refractivity contribution in [3.8, 4) is 0 Å². The highest BCUT2D eigenvalue weighted by Crippen LogP contribution is 1.84. The first-order chi connectivity index (χ1) is 12.8. The van der Waals surface area contributed by atoms with Gasteiger partial charge >= 0.3 is 6.09 Å². The normalized spacial score (nSPS) is 11.0. The lowest BCUT2D eigenvalue weighted by Gasteiger charge is -2.08. The first kappa shape index (κ1) is 25.0. The van der Waals surface area contributed by atoms with Crippen LogP contribution in [-0.4, -0.2) is 111 Å². The average molecular weight is 383 g/mol. The monoisotopic (exact) mass is 383 g/mol. The molecule has 0 fully saturated rings. The number of hydrogen-bond acceptors (Lipinski definition) is 8. The smallest absolute Gasteiger partial charge is 0.404 e. The third kappa shape index (κ3) is 23.0. The molecule has 0 saturated carbocycles. The van der Waals surface area contributed by atoms with E-state index in [4.69, 9.17) is 38.3 Å². The van der Waals surface area contributed by atoms with Crippen molar-refractivity contribution in [2.75, 3.05) is 99.5 Å². The summed E-state index contributed by atoms with van der Waals surface area (Å²) >= 11 is 0. The van der Waals surface area contributed by atoms with Crippen LogP contribution in [0.15, 0.2) is 0 Å². The van der Waals surface area contributed by atoms with Crippen molar-refractivity contribution in [2.24, 2.45) is 0 Å². The summed E-state index contributed by atoms with van der Waals surface area (Å²) in [5.41, 5.74) is 0. The molecule has 0 saturated heterocycles. The Labute approximate surface area is 155 Å². The van der Waals surface area contributed by atoms with Crippen molar-refractivity contribution < 1.29 is 43.1 Å². The van der Waals surface area contributed by atoms with Crippen molar-refractivity contribution in [3.63, 3.8) is 0 Å². The Bertz CT molecular complexity index is 295. The number of nitrogens with one attached hydrogen (secondary N) is 1. The molecule has 156 valence electrons. The number of carbonyl (C=O) groups is 1. The number of methoxy groups -OCH3 is 1.